The van der Waals surface area contributed by atoms with E-state index in [2.05, 4.69) is 11.4 Å². The lowest BCUT2D eigenvalue weighted by Gasteiger charge is -2.27. The van der Waals surface area contributed by atoms with E-state index in [-0.39, 0.29) is 12.4 Å². The van der Waals surface area contributed by atoms with E-state index in [1.165, 1.54) is 5.56 Å². The van der Waals surface area contributed by atoms with E-state index in [4.69, 9.17) is 11.6 Å². The van der Waals surface area contributed by atoms with Crippen LogP contribution in [0, 0.1) is 5.92 Å². The van der Waals surface area contributed by atoms with E-state index < -0.39 is 0 Å². The second-order valence-electron chi connectivity index (χ2n) is 3.32. The Balaban J connectivity index is 0.000000845. The molecule has 0 amide bonds. The lowest BCUT2D eigenvalue weighted by atomic mass is 9.94. The van der Waals surface area contributed by atoms with Gasteiger partial charge in [0.15, 0.2) is 0 Å². The predicted molar refractivity (Wildman–Crippen MR) is 58.8 cm³/mol. The summed E-state index contributed by atoms with van der Waals surface area (Å²) < 4.78 is 0. The highest BCUT2D eigenvalue weighted by molar-refractivity contribution is 6.31. The molecule has 2 rings (SSSR count). The van der Waals surface area contributed by atoms with E-state index in [0.717, 1.165) is 30.5 Å². The molecule has 0 bridgehead atoms. The van der Waals surface area contributed by atoms with E-state index in [1.54, 1.807) is 0 Å². The second-order valence-corrected chi connectivity index (χ2v) is 3.73. The quantitative estimate of drug-likeness (QED) is 0.804. The van der Waals surface area contributed by atoms with Crippen LogP contribution in [0.5, 0.6) is 0 Å². The van der Waals surface area contributed by atoms with Gasteiger partial charge < -0.3 is 5.32 Å². The number of rotatable bonds is 2. The molecule has 1 aromatic carbocycles. The summed E-state index contributed by atoms with van der Waals surface area (Å²) in [5.41, 5.74) is 1.28. The van der Waals surface area contributed by atoms with Gasteiger partial charge in [-0.3, -0.25) is 0 Å². The topological polar surface area (TPSA) is 12.0 Å². The molecule has 0 saturated carbocycles. The van der Waals surface area contributed by atoms with Gasteiger partial charge in [-0.1, -0.05) is 29.8 Å². The van der Waals surface area contributed by atoms with Crippen LogP contribution < -0.4 is 5.32 Å². The van der Waals surface area contributed by atoms with Crippen molar-refractivity contribution in [2.75, 3.05) is 13.1 Å². The Hall–Kier alpha value is -0.240. The van der Waals surface area contributed by atoms with Crippen LogP contribution in [-0.2, 0) is 6.42 Å². The molecular weight excluding hydrogens is 205 g/mol. The van der Waals surface area contributed by atoms with Crippen molar-refractivity contribution < 1.29 is 0 Å². The molecule has 0 unspecified atom stereocenters. The largest absolute Gasteiger partial charge is 0.316 e. The molecule has 13 heavy (non-hydrogen) atoms. The highest BCUT2D eigenvalue weighted by Gasteiger charge is 2.17. The maximum atomic E-state index is 6.03. The summed E-state index contributed by atoms with van der Waals surface area (Å²) in [5.74, 6) is 0.796. The van der Waals surface area contributed by atoms with Gasteiger partial charge in [-0.25, -0.2) is 0 Å². The molecular formula is C10H13Cl2N. The Labute approximate surface area is 89.9 Å². The minimum Gasteiger partial charge on any atom is -0.316 e. The fourth-order valence-corrected chi connectivity index (χ4v) is 1.68. The average molecular weight is 218 g/mol. The number of benzene rings is 1. The first-order valence-corrected chi connectivity index (χ1v) is 4.68. The van der Waals surface area contributed by atoms with Gasteiger partial charge in [-0.05, 0) is 37.1 Å². The molecule has 1 N–H and O–H groups in total. The molecule has 0 spiro atoms. The molecule has 72 valence electrons. The van der Waals surface area contributed by atoms with Gasteiger partial charge in [0.2, 0.25) is 0 Å². The van der Waals surface area contributed by atoms with Crippen LogP contribution in [-0.4, -0.2) is 13.1 Å². The SMILES string of the molecule is Cl.Clc1ccccc1CC1CNC1. The van der Waals surface area contributed by atoms with E-state index in [1.807, 2.05) is 18.2 Å². The molecule has 0 aromatic heterocycles. The summed E-state index contributed by atoms with van der Waals surface area (Å²) in [6.07, 6.45) is 1.12. The van der Waals surface area contributed by atoms with Crippen LogP contribution in [0.15, 0.2) is 24.3 Å². The Morgan fingerprint density at radius 3 is 2.54 bits per heavy atom. The van der Waals surface area contributed by atoms with Gasteiger partial charge >= 0.3 is 0 Å². The van der Waals surface area contributed by atoms with Gasteiger partial charge in [0, 0.05) is 5.02 Å². The number of halogens is 2. The number of nitrogens with one attached hydrogen (secondary N) is 1. The third-order valence-electron chi connectivity index (χ3n) is 2.33. The Kier molecular flexibility index (Phi) is 4.04. The van der Waals surface area contributed by atoms with Crippen LogP contribution >= 0.6 is 24.0 Å². The summed E-state index contributed by atoms with van der Waals surface area (Å²) in [7, 11) is 0. The summed E-state index contributed by atoms with van der Waals surface area (Å²) in [5, 5.41) is 4.16. The smallest absolute Gasteiger partial charge is 0.0438 e. The zero-order chi connectivity index (χ0) is 8.39. The standard InChI is InChI=1S/C10H12ClN.ClH/c11-10-4-2-1-3-9(10)5-8-6-12-7-8;/h1-4,8,12H,5-7H2;1H. The molecule has 1 fully saturated rings. The van der Waals surface area contributed by atoms with Crippen molar-refractivity contribution in [2.45, 2.75) is 6.42 Å². The summed E-state index contributed by atoms with van der Waals surface area (Å²) in [6, 6.07) is 8.10. The Bertz CT molecular complexity index is 271. The molecule has 0 aliphatic carbocycles. The van der Waals surface area contributed by atoms with Crippen molar-refractivity contribution in [3.63, 3.8) is 0 Å². The van der Waals surface area contributed by atoms with Crippen LogP contribution in [0.4, 0.5) is 0 Å². The van der Waals surface area contributed by atoms with E-state index in [9.17, 15) is 0 Å². The first kappa shape index (κ1) is 10.8. The van der Waals surface area contributed by atoms with E-state index >= 15 is 0 Å². The third-order valence-corrected chi connectivity index (χ3v) is 2.70. The number of hydrogen-bond acceptors (Lipinski definition) is 1. The van der Waals surface area contributed by atoms with Crippen molar-refractivity contribution in [3.8, 4) is 0 Å². The first-order valence-electron chi connectivity index (χ1n) is 4.30. The Morgan fingerprint density at radius 1 is 1.31 bits per heavy atom. The van der Waals surface area contributed by atoms with Crippen LogP contribution in [0.2, 0.25) is 5.02 Å². The molecule has 1 heterocycles. The maximum absolute atomic E-state index is 6.03. The Morgan fingerprint density at radius 2 is 2.00 bits per heavy atom. The number of hydrogen-bond donors (Lipinski definition) is 1. The fourth-order valence-electron chi connectivity index (χ4n) is 1.47. The summed E-state index contributed by atoms with van der Waals surface area (Å²) in [4.78, 5) is 0. The van der Waals surface area contributed by atoms with Crippen LogP contribution in [0.1, 0.15) is 5.56 Å². The van der Waals surface area contributed by atoms with Crippen molar-refractivity contribution >= 4 is 24.0 Å². The lowest BCUT2D eigenvalue weighted by Crippen LogP contribution is -2.43. The highest BCUT2D eigenvalue weighted by atomic mass is 35.5. The minimum atomic E-state index is 0. The molecule has 0 radical (unpaired) electrons. The van der Waals surface area contributed by atoms with Crippen molar-refractivity contribution in [2.24, 2.45) is 5.92 Å². The normalized spacial score (nSPS) is 16.1. The zero-order valence-corrected chi connectivity index (χ0v) is 8.87. The first-order chi connectivity index (χ1) is 5.86. The molecule has 0 atom stereocenters. The highest BCUT2D eigenvalue weighted by Crippen LogP contribution is 2.20. The maximum Gasteiger partial charge on any atom is 0.0438 e. The minimum absolute atomic E-state index is 0. The monoisotopic (exact) mass is 217 g/mol. The molecule has 1 aliphatic rings. The van der Waals surface area contributed by atoms with Crippen molar-refractivity contribution in [1.82, 2.24) is 5.32 Å². The van der Waals surface area contributed by atoms with Gasteiger partial charge in [0.1, 0.15) is 0 Å². The van der Waals surface area contributed by atoms with Gasteiger partial charge in [0.25, 0.3) is 0 Å². The van der Waals surface area contributed by atoms with Gasteiger partial charge in [-0.15, -0.1) is 12.4 Å². The predicted octanol–water partition coefficient (Wildman–Crippen LogP) is 2.52. The lowest BCUT2D eigenvalue weighted by molar-refractivity contribution is 0.346. The summed E-state index contributed by atoms with van der Waals surface area (Å²) >= 11 is 6.03. The molecule has 1 nitrogen and oxygen atoms in total. The van der Waals surface area contributed by atoms with Crippen LogP contribution in [0.25, 0.3) is 0 Å². The van der Waals surface area contributed by atoms with E-state index in [0.29, 0.717) is 0 Å². The molecule has 1 aromatic rings. The second kappa shape index (κ2) is 4.85. The third kappa shape index (κ3) is 2.60. The zero-order valence-electron chi connectivity index (χ0n) is 7.29. The van der Waals surface area contributed by atoms with Gasteiger partial charge in [-0.2, -0.15) is 0 Å². The van der Waals surface area contributed by atoms with Crippen molar-refractivity contribution in [1.29, 1.82) is 0 Å². The fraction of sp³-hybridized carbons (Fsp3) is 0.400. The van der Waals surface area contributed by atoms with Gasteiger partial charge in [0.05, 0.1) is 0 Å². The average Bonchev–Trinajstić information content (AvgIpc) is 2.00. The van der Waals surface area contributed by atoms with Crippen LogP contribution in [0.3, 0.4) is 0 Å². The molecule has 1 saturated heterocycles. The summed E-state index contributed by atoms with van der Waals surface area (Å²) in [6.45, 7) is 2.29. The molecule has 1 aliphatic heterocycles. The van der Waals surface area contributed by atoms with Crippen molar-refractivity contribution in [3.05, 3.63) is 34.9 Å². The molecule has 3 heteroatoms.